The van der Waals surface area contributed by atoms with Gasteiger partial charge in [0.1, 0.15) is 0 Å². The highest BCUT2D eigenvalue weighted by atomic mass is 19.4. The summed E-state index contributed by atoms with van der Waals surface area (Å²) in [6.07, 6.45) is -4.74. The molecule has 0 unspecified atom stereocenters. The lowest BCUT2D eigenvalue weighted by molar-refractivity contribution is -0.142. The molecule has 3 aromatic heterocycles. The molecule has 9 nitrogen and oxygen atoms in total. The molecule has 0 aliphatic rings. The summed E-state index contributed by atoms with van der Waals surface area (Å²) in [4.78, 5) is 18.8. The fourth-order valence-corrected chi connectivity index (χ4v) is 3.98. The van der Waals surface area contributed by atoms with E-state index >= 15 is 0 Å². The predicted octanol–water partition coefficient (Wildman–Crippen LogP) is 4.05. The smallest absolute Gasteiger partial charge is 0.433 e. The molecule has 0 saturated heterocycles. The van der Waals surface area contributed by atoms with E-state index in [9.17, 15) is 18.0 Å². The minimum atomic E-state index is -4.74. The minimum absolute atomic E-state index is 0.0460. The monoisotopic (exact) mass is 502 g/mol. The number of ether oxygens (including phenoxy) is 2. The predicted molar refractivity (Wildman–Crippen MR) is 125 cm³/mol. The third-order valence-electron chi connectivity index (χ3n) is 6.02. The van der Waals surface area contributed by atoms with Gasteiger partial charge in [-0.05, 0) is 38.1 Å². The zero-order valence-electron chi connectivity index (χ0n) is 20.6. The second-order valence-electron chi connectivity index (χ2n) is 8.33. The Kier molecular flexibility index (Phi) is 6.37. The highest BCUT2D eigenvalue weighted by molar-refractivity contribution is 5.93. The van der Waals surface area contributed by atoms with Crippen LogP contribution in [-0.4, -0.2) is 56.5 Å². The van der Waals surface area contributed by atoms with Crippen molar-refractivity contribution in [1.29, 1.82) is 0 Å². The number of carbonyl (C=O) groups is 1. The molecular weight excluding hydrogens is 477 g/mol. The molecule has 1 aromatic carbocycles. The fourth-order valence-electron chi connectivity index (χ4n) is 3.98. The van der Waals surface area contributed by atoms with Crippen LogP contribution in [0.4, 0.5) is 13.2 Å². The van der Waals surface area contributed by atoms with Gasteiger partial charge in [-0.3, -0.25) is 9.48 Å². The number of fused-ring (bicyclic) bond motifs is 1. The first-order chi connectivity index (χ1) is 16.9. The van der Waals surface area contributed by atoms with Gasteiger partial charge in [0.25, 0.3) is 5.91 Å². The van der Waals surface area contributed by atoms with Crippen molar-refractivity contribution in [3.05, 3.63) is 58.7 Å². The average Bonchev–Trinajstić information content (AvgIpc) is 3.37. The van der Waals surface area contributed by atoms with Gasteiger partial charge in [0.2, 0.25) is 0 Å². The molecule has 12 heteroatoms. The number of halogens is 3. The van der Waals surface area contributed by atoms with Crippen molar-refractivity contribution >= 4 is 11.6 Å². The van der Waals surface area contributed by atoms with Crippen molar-refractivity contribution in [2.45, 2.75) is 26.6 Å². The first-order valence-electron chi connectivity index (χ1n) is 10.9. The lowest BCUT2D eigenvalue weighted by Crippen LogP contribution is -2.27. The van der Waals surface area contributed by atoms with E-state index in [4.69, 9.17) is 9.47 Å². The number of carbonyl (C=O) groups excluding carboxylic acids is 1. The number of alkyl halides is 3. The maximum absolute atomic E-state index is 14.0. The zero-order chi connectivity index (χ0) is 26.4. The Morgan fingerprint density at radius 2 is 1.75 bits per heavy atom. The third-order valence-corrected chi connectivity index (χ3v) is 6.02. The Morgan fingerprint density at radius 1 is 1.06 bits per heavy atom. The van der Waals surface area contributed by atoms with Crippen molar-refractivity contribution in [2.75, 3.05) is 21.3 Å². The normalized spacial score (nSPS) is 11.7. The molecule has 0 atom stereocenters. The Hall–Kier alpha value is -4.09. The molecule has 0 spiro atoms. The molecule has 190 valence electrons. The summed E-state index contributed by atoms with van der Waals surface area (Å²) in [5.41, 5.74) is 1.63. The van der Waals surface area contributed by atoms with Gasteiger partial charge >= 0.3 is 6.18 Å². The Morgan fingerprint density at radius 3 is 2.33 bits per heavy atom. The van der Waals surface area contributed by atoms with Crippen molar-refractivity contribution < 1.29 is 27.4 Å². The molecule has 0 aliphatic carbocycles. The maximum atomic E-state index is 14.0. The van der Waals surface area contributed by atoms with Crippen molar-refractivity contribution in [3.63, 3.8) is 0 Å². The fraction of sp³-hybridized carbons (Fsp3) is 0.333. The summed E-state index contributed by atoms with van der Waals surface area (Å²) in [5, 5.41) is 8.30. The number of benzene rings is 1. The molecule has 0 radical (unpaired) electrons. The number of methoxy groups -OCH3 is 2. The topological polar surface area (TPSA) is 86.8 Å². The summed E-state index contributed by atoms with van der Waals surface area (Å²) >= 11 is 0. The van der Waals surface area contributed by atoms with Crippen molar-refractivity contribution in [1.82, 2.24) is 29.3 Å². The molecule has 36 heavy (non-hydrogen) atoms. The van der Waals surface area contributed by atoms with Crippen LogP contribution in [0.25, 0.3) is 16.9 Å². The first-order valence-corrected chi connectivity index (χ1v) is 10.9. The van der Waals surface area contributed by atoms with Crippen LogP contribution in [0.15, 0.2) is 30.3 Å². The molecule has 3 heterocycles. The molecule has 0 aliphatic heterocycles. The van der Waals surface area contributed by atoms with E-state index in [-0.39, 0.29) is 23.6 Å². The summed E-state index contributed by atoms with van der Waals surface area (Å²) < 4.78 is 54.8. The summed E-state index contributed by atoms with van der Waals surface area (Å²) in [5.74, 6) is 0.235. The summed E-state index contributed by atoms with van der Waals surface area (Å²) in [6.45, 7) is 3.95. The van der Waals surface area contributed by atoms with E-state index < -0.39 is 17.8 Å². The minimum Gasteiger partial charge on any atom is -0.493 e. The molecule has 0 saturated carbocycles. The van der Waals surface area contributed by atoms with Gasteiger partial charge in [0.15, 0.2) is 28.5 Å². The van der Waals surface area contributed by atoms with Crippen LogP contribution in [-0.2, 0) is 19.8 Å². The van der Waals surface area contributed by atoms with Crippen LogP contribution in [0.5, 0.6) is 11.5 Å². The molecule has 0 fully saturated rings. The summed E-state index contributed by atoms with van der Waals surface area (Å²) in [7, 11) is 6.25. The van der Waals surface area contributed by atoms with Crippen LogP contribution < -0.4 is 9.47 Å². The number of hydrogen-bond donors (Lipinski definition) is 0. The van der Waals surface area contributed by atoms with Gasteiger partial charge in [0, 0.05) is 43.5 Å². The Labute approximate surface area is 205 Å². The molecule has 4 rings (SSSR count). The van der Waals surface area contributed by atoms with Gasteiger partial charge in [0.05, 0.1) is 25.6 Å². The van der Waals surface area contributed by atoms with Crippen molar-refractivity contribution in [2.24, 2.45) is 7.05 Å². The van der Waals surface area contributed by atoms with Crippen LogP contribution in [0, 0.1) is 13.8 Å². The van der Waals surface area contributed by atoms with Gasteiger partial charge in [-0.2, -0.15) is 23.4 Å². The van der Waals surface area contributed by atoms with E-state index in [1.807, 2.05) is 13.8 Å². The lowest BCUT2D eigenvalue weighted by Gasteiger charge is -2.16. The highest BCUT2D eigenvalue weighted by Crippen LogP contribution is 2.35. The summed E-state index contributed by atoms with van der Waals surface area (Å²) in [6, 6.07) is 6.83. The number of hydrogen-bond acceptors (Lipinski definition) is 6. The zero-order valence-corrected chi connectivity index (χ0v) is 20.6. The van der Waals surface area contributed by atoms with Gasteiger partial charge in [-0.25, -0.2) is 9.50 Å². The number of aromatic nitrogens is 5. The quantitative estimate of drug-likeness (QED) is 0.395. The number of nitrogens with zero attached hydrogens (tertiary/aromatic N) is 6. The Balaban J connectivity index is 1.76. The lowest BCUT2D eigenvalue weighted by atomic mass is 10.1. The van der Waals surface area contributed by atoms with Crippen molar-refractivity contribution in [3.8, 4) is 22.8 Å². The third kappa shape index (κ3) is 4.45. The second-order valence-corrected chi connectivity index (χ2v) is 8.33. The molecule has 0 N–H and O–H groups in total. The average molecular weight is 502 g/mol. The SMILES string of the molecule is COc1ccc(-c2cc(C(F)(F)F)n3nc(C(=O)N(C)Cc4c(C)nn(C)c4C)cc3n2)cc1OC. The molecule has 0 bridgehead atoms. The van der Waals surface area contributed by atoms with Crippen LogP contribution in [0.1, 0.15) is 33.1 Å². The largest absolute Gasteiger partial charge is 0.493 e. The van der Waals surface area contributed by atoms with Gasteiger partial charge < -0.3 is 14.4 Å². The van der Waals surface area contributed by atoms with Gasteiger partial charge in [-0.15, -0.1) is 0 Å². The second kappa shape index (κ2) is 9.17. The van der Waals surface area contributed by atoms with Crippen LogP contribution in [0.2, 0.25) is 0 Å². The molecule has 4 aromatic rings. The molecule has 1 amide bonds. The highest BCUT2D eigenvalue weighted by Gasteiger charge is 2.36. The Bertz CT molecular complexity index is 1460. The molecular formula is C24H25F3N6O3. The standard InChI is InChI=1S/C24H25F3N6O3/c1-13-16(14(2)32(4)29-13)12-31(3)23(34)18-11-22-28-17(10-21(24(25,26)27)33(22)30-18)15-7-8-19(35-5)20(9-15)36-6/h7-11H,12H2,1-6H3. The number of aryl methyl sites for hydroxylation is 2. The van der Waals surface area contributed by atoms with Crippen LogP contribution in [0.3, 0.4) is 0 Å². The number of rotatable bonds is 6. The van der Waals surface area contributed by atoms with E-state index in [1.54, 1.807) is 30.9 Å². The van der Waals surface area contributed by atoms with E-state index in [0.29, 0.717) is 21.6 Å². The van der Waals surface area contributed by atoms with E-state index in [0.717, 1.165) is 23.0 Å². The van der Waals surface area contributed by atoms with E-state index in [2.05, 4.69) is 15.2 Å². The van der Waals surface area contributed by atoms with Crippen LogP contribution >= 0.6 is 0 Å². The maximum Gasteiger partial charge on any atom is 0.433 e. The van der Waals surface area contributed by atoms with E-state index in [1.165, 1.54) is 31.3 Å². The van der Waals surface area contributed by atoms with Gasteiger partial charge in [-0.1, -0.05) is 0 Å². The first kappa shape index (κ1) is 25.0. The number of amides is 1.